The van der Waals surface area contributed by atoms with Gasteiger partial charge in [0.25, 0.3) is 0 Å². The van der Waals surface area contributed by atoms with Crippen molar-refractivity contribution in [2.45, 2.75) is 15.8 Å². The highest BCUT2D eigenvalue weighted by Gasteiger charge is 2.33. The molecule has 4 rings (SSSR count). The lowest BCUT2D eigenvalue weighted by atomic mass is 9.98. The Kier molecular flexibility index (Phi) is 6.06. The first-order chi connectivity index (χ1) is 16.1. The molecule has 0 fully saturated rings. The summed E-state index contributed by atoms with van der Waals surface area (Å²) in [6, 6.07) is 6.39. The van der Waals surface area contributed by atoms with Crippen LogP contribution in [-0.2, 0) is 20.0 Å². The molecule has 34 heavy (non-hydrogen) atoms. The molecule has 17 heteroatoms. The van der Waals surface area contributed by atoms with E-state index in [9.17, 15) is 21.9 Å². The van der Waals surface area contributed by atoms with Gasteiger partial charge in [0.1, 0.15) is 9.79 Å². The molecule has 0 bridgehead atoms. The summed E-state index contributed by atoms with van der Waals surface area (Å²) in [5, 5.41) is 28.2. The molecule has 0 unspecified atom stereocenters. The summed E-state index contributed by atoms with van der Waals surface area (Å²) in [7, 11) is -9.21. The number of rotatable bonds is 8. The minimum Gasteiger partial charge on any atom is -0.395 e. The van der Waals surface area contributed by atoms with Crippen molar-refractivity contribution < 1.29 is 21.9 Å². The Balaban J connectivity index is 2.10. The zero-order chi connectivity index (χ0) is 24.7. The third kappa shape index (κ3) is 4.22. The molecule has 2 heterocycles. The number of tetrazole rings is 1. The first-order valence-corrected chi connectivity index (χ1v) is 12.6. The molecular formula is C17H20N10O5S2. The van der Waals surface area contributed by atoms with Gasteiger partial charge in [0.05, 0.1) is 29.2 Å². The molecule has 180 valence electrons. The Morgan fingerprint density at radius 3 is 2.50 bits per heavy atom. The molecule has 0 aliphatic carbocycles. The average molecular weight is 509 g/mol. The number of benzene rings is 2. The number of primary sulfonamides is 1. The number of para-hydroxylation sites is 1. The van der Waals surface area contributed by atoms with Crippen LogP contribution < -0.4 is 21.3 Å². The van der Waals surface area contributed by atoms with Crippen molar-refractivity contribution in [2.75, 3.05) is 18.9 Å². The number of imidazole rings is 1. The SMILES string of the molecule is NC[C@H](CO)NS(=O)(=O)c1ccc(-c2cccc3[nH]c(N)nc23)c(-c2nn[nH]n2)c1S(N)(=O)=O. The van der Waals surface area contributed by atoms with Gasteiger partial charge in [0.15, 0.2) is 5.95 Å². The number of aliphatic hydroxyl groups excluding tert-OH is 1. The second-order valence-electron chi connectivity index (χ2n) is 7.16. The number of nitrogen functional groups attached to an aromatic ring is 1. The van der Waals surface area contributed by atoms with E-state index in [4.69, 9.17) is 16.6 Å². The second kappa shape index (κ2) is 8.70. The first-order valence-electron chi connectivity index (χ1n) is 9.58. The summed E-state index contributed by atoms with van der Waals surface area (Å²) in [4.78, 5) is 5.66. The number of hydrogen-bond acceptors (Lipinski definition) is 11. The van der Waals surface area contributed by atoms with E-state index in [0.717, 1.165) is 6.07 Å². The van der Waals surface area contributed by atoms with Gasteiger partial charge in [-0.25, -0.2) is 31.7 Å². The number of H-pyrrole nitrogens is 2. The van der Waals surface area contributed by atoms with Crippen LogP contribution >= 0.6 is 0 Å². The van der Waals surface area contributed by atoms with E-state index < -0.39 is 42.5 Å². The van der Waals surface area contributed by atoms with Crippen LogP contribution in [-0.4, -0.2) is 71.7 Å². The Morgan fingerprint density at radius 1 is 1.12 bits per heavy atom. The average Bonchev–Trinajstić information content (AvgIpc) is 3.44. The van der Waals surface area contributed by atoms with Crippen LogP contribution in [0.5, 0.6) is 0 Å². The molecule has 0 radical (unpaired) electrons. The third-order valence-electron chi connectivity index (χ3n) is 4.91. The maximum absolute atomic E-state index is 13.1. The van der Waals surface area contributed by atoms with Crippen LogP contribution in [0.3, 0.4) is 0 Å². The van der Waals surface area contributed by atoms with Crippen molar-refractivity contribution >= 4 is 37.0 Å². The lowest BCUT2D eigenvalue weighted by molar-refractivity contribution is 0.259. The molecule has 1 atom stereocenters. The standard InChI is InChI=1S/C17H20N10O5S2/c18-6-8(7-28)25-34(31,32)12-5-4-9(10-2-1-3-11-14(10)22-17(19)21-11)13(15(12)33(20,29)30)16-23-26-27-24-16/h1-5,8,25,28H,6-7,18H2,(H3,19,21,22)(H2,20,29,30)(H,23,24,26,27)/t8-/m1/s1. The number of nitrogens with two attached hydrogens (primary N) is 3. The minimum atomic E-state index is -4.69. The molecule has 2 aromatic carbocycles. The normalized spacial score (nSPS) is 13.4. The van der Waals surface area contributed by atoms with Crippen LogP contribution in [0.4, 0.5) is 5.95 Å². The van der Waals surface area contributed by atoms with Gasteiger partial charge in [-0.2, -0.15) is 5.21 Å². The van der Waals surface area contributed by atoms with E-state index in [1.54, 1.807) is 18.2 Å². The van der Waals surface area contributed by atoms with Crippen LogP contribution in [0, 0.1) is 0 Å². The Bertz CT molecular complexity index is 1560. The monoisotopic (exact) mass is 508 g/mol. The van der Waals surface area contributed by atoms with E-state index in [0.29, 0.717) is 16.6 Å². The summed E-state index contributed by atoms with van der Waals surface area (Å²) in [5.74, 6) is -0.107. The third-order valence-corrected chi connectivity index (χ3v) is 7.60. The van der Waals surface area contributed by atoms with Crippen LogP contribution in [0.2, 0.25) is 0 Å². The summed E-state index contributed by atoms with van der Waals surface area (Å²) < 4.78 is 54.0. The number of aromatic nitrogens is 6. The Labute approximate surface area is 192 Å². The number of anilines is 1. The van der Waals surface area contributed by atoms with Crippen molar-refractivity contribution in [3.8, 4) is 22.5 Å². The topological polar surface area (TPSA) is 262 Å². The molecule has 15 nitrogen and oxygen atoms in total. The molecule has 2 aromatic heterocycles. The Morgan fingerprint density at radius 2 is 1.88 bits per heavy atom. The van der Waals surface area contributed by atoms with Gasteiger partial charge in [0, 0.05) is 12.1 Å². The summed E-state index contributed by atoms with van der Waals surface area (Å²) >= 11 is 0. The molecular weight excluding hydrogens is 488 g/mol. The number of sulfonamides is 2. The summed E-state index contributed by atoms with van der Waals surface area (Å²) in [5.41, 5.74) is 12.6. The lowest BCUT2D eigenvalue weighted by Crippen LogP contribution is -2.43. The van der Waals surface area contributed by atoms with Crippen LogP contribution in [0.25, 0.3) is 33.5 Å². The van der Waals surface area contributed by atoms with E-state index in [-0.39, 0.29) is 29.4 Å². The minimum absolute atomic E-state index is 0.121. The molecule has 0 saturated carbocycles. The number of nitrogens with one attached hydrogen (secondary N) is 3. The van der Waals surface area contributed by atoms with Crippen molar-refractivity contribution in [1.82, 2.24) is 35.3 Å². The summed E-state index contributed by atoms with van der Waals surface area (Å²) in [6.07, 6.45) is 0. The van der Waals surface area contributed by atoms with Gasteiger partial charge in [-0.1, -0.05) is 18.2 Å². The van der Waals surface area contributed by atoms with Crippen LogP contribution in [0.15, 0.2) is 40.1 Å². The van der Waals surface area contributed by atoms with E-state index >= 15 is 0 Å². The quantitative estimate of drug-likeness (QED) is 0.140. The van der Waals surface area contributed by atoms with E-state index in [2.05, 4.69) is 35.3 Å². The van der Waals surface area contributed by atoms with Crippen molar-refractivity contribution in [1.29, 1.82) is 0 Å². The zero-order valence-electron chi connectivity index (χ0n) is 17.3. The van der Waals surface area contributed by atoms with Crippen molar-refractivity contribution in [2.24, 2.45) is 10.9 Å². The fourth-order valence-corrected chi connectivity index (χ4v) is 6.32. The highest BCUT2D eigenvalue weighted by Crippen LogP contribution is 2.40. The maximum atomic E-state index is 13.1. The molecule has 0 aliphatic heterocycles. The number of hydrogen-bond donors (Lipinski definition) is 7. The van der Waals surface area contributed by atoms with Crippen LogP contribution in [0.1, 0.15) is 0 Å². The lowest BCUT2D eigenvalue weighted by Gasteiger charge is -2.19. The molecule has 0 amide bonds. The first kappa shape index (κ1) is 23.7. The predicted molar refractivity (Wildman–Crippen MR) is 121 cm³/mol. The van der Waals surface area contributed by atoms with E-state index in [1.165, 1.54) is 6.07 Å². The van der Waals surface area contributed by atoms with Crippen molar-refractivity contribution in [3.63, 3.8) is 0 Å². The number of aromatic amines is 2. The van der Waals surface area contributed by atoms with Gasteiger partial charge in [-0.15, -0.1) is 10.2 Å². The van der Waals surface area contributed by atoms with Gasteiger partial charge in [-0.3, -0.25) is 0 Å². The largest absolute Gasteiger partial charge is 0.395 e. The molecule has 10 N–H and O–H groups in total. The molecule has 0 aliphatic rings. The predicted octanol–water partition coefficient (Wildman–Crippen LogP) is -1.76. The number of aliphatic hydroxyl groups is 1. The van der Waals surface area contributed by atoms with Gasteiger partial charge in [0.2, 0.25) is 25.9 Å². The molecule has 0 saturated heterocycles. The van der Waals surface area contributed by atoms with Gasteiger partial charge >= 0.3 is 0 Å². The maximum Gasteiger partial charge on any atom is 0.242 e. The van der Waals surface area contributed by atoms with Gasteiger partial charge in [-0.05, 0) is 22.9 Å². The summed E-state index contributed by atoms with van der Waals surface area (Å²) in [6.45, 7) is -0.850. The highest BCUT2D eigenvalue weighted by atomic mass is 32.2. The smallest absolute Gasteiger partial charge is 0.242 e. The van der Waals surface area contributed by atoms with E-state index in [1.807, 2.05) is 0 Å². The molecule has 0 spiro atoms. The fraction of sp³-hybridized carbons (Fsp3) is 0.176. The number of nitrogens with zero attached hydrogens (tertiary/aromatic N) is 4. The molecule has 4 aromatic rings. The van der Waals surface area contributed by atoms with Gasteiger partial charge < -0.3 is 21.6 Å². The highest BCUT2D eigenvalue weighted by molar-refractivity contribution is 7.92. The second-order valence-corrected chi connectivity index (χ2v) is 10.3. The Hall–Kier alpha value is -3.48. The number of fused-ring (bicyclic) bond motifs is 1. The fourth-order valence-electron chi connectivity index (χ4n) is 3.48. The van der Waals surface area contributed by atoms with Crippen molar-refractivity contribution in [3.05, 3.63) is 30.3 Å². The zero-order valence-corrected chi connectivity index (χ0v) is 18.9.